The van der Waals surface area contributed by atoms with Gasteiger partial charge in [-0.15, -0.1) is 0 Å². The van der Waals surface area contributed by atoms with Crippen LogP contribution in [0.4, 0.5) is 5.69 Å². The molecule has 10 heteroatoms. The van der Waals surface area contributed by atoms with Gasteiger partial charge in [0.25, 0.3) is 11.8 Å². The molecule has 0 aromatic heterocycles. The number of anilines is 1. The topological polar surface area (TPSA) is 105 Å². The highest BCUT2D eigenvalue weighted by molar-refractivity contribution is 7.89. The number of hydrogen-bond acceptors (Lipinski definition) is 5. The van der Waals surface area contributed by atoms with E-state index in [1.165, 1.54) is 49.4 Å². The molecule has 8 nitrogen and oxygen atoms in total. The van der Waals surface area contributed by atoms with Crippen molar-refractivity contribution >= 4 is 39.1 Å². The number of halogens is 1. The van der Waals surface area contributed by atoms with E-state index in [1.54, 1.807) is 20.2 Å². The van der Waals surface area contributed by atoms with Crippen LogP contribution >= 0.6 is 11.6 Å². The lowest BCUT2D eigenvalue weighted by atomic mass is 10.1. The fourth-order valence-corrected chi connectivity index (χ4v) is 3.47. The van der Waals surface area contributed by atoms with Gasteiger partial charge in [-0.25, -0.2) is 13.1 Å². The van der Waals surface area contributed by atoms with Crippen molar-refractivity contribution in [1.82, 2.24) is 9.62 Å². The second-order valence-corrected chi connectivity index (χ2v) is 8.18. The summed E-state index contributed by atoms with van der Waals surface area (Å²) in [6.07, 6.45) is 0. The summed E-state index contributed by atoms with van der Waals surface area (Å²) in [7, 11) is 1.95. The van der Waals surface area contributed by atoms with Crippen molar-refractivity contribution in [2.45, 2.75) is 4.90 Å². The van der Waals surface area contributed by atoms with E-state index in [0.29, 0.717) is 5.69 Å². The van der Waals surface area contributed by atoms with Gasteiger partial charge < -0.3 is 15.0 Å². The van der Waals surface area contributed by atoms with Crippen LogP contribution in [0, 0.1) is 0 Å². The molecular weight excluding hydrogens is 406 g/mol. The number of rotatable bonds is 6. The molecule has 0 saturated heterocycles. The fraction of sp³-hybridized carbons (Fsp3) is 0.222. The fourth-order valence-electron chi connectivity index (χ4n) is 2.35. The Morgan fingerprint density at radius 2 is 1.79 bits per heavy atom. The van der Waals surface area contributed by atoms with Gasteiger partial charge in [0.2, 0.25) is 10.0 Å². The van der Waals surface area contributed by atoms with Gasteiger partial charge in [-0.2, -0.15) is 0 Å². The number of carbonyl (C=O) groups is 2. The Balaban J connectivity index is 2.37. The lowest BCUT2D eigenvalue weighted by molar-refractivity contribution is 0.0827. The number of amides is 2. The van der Waals surface area contributed by atoms with Gasteiger partial charge in [0.05, 0.1) is 17.7 Å². The molecule has 0 atom stereocenters. The summed E-state index contributed by atoms with van der Waals surface area (Å²) in [6, 6.07) is 8.53. The Morgan fingerprint density at radius 3 is 2.36 bits per heavy atom. The van der Waals surface area contributed by atoms with Crippen molar-refractivity contribution in [2.24, 2.45) is 0 Å². The normalized spacial score (nSPS) is 11.0. The second kappa shape index (κ2) is 8.59. The third kappa shape index (κ3) is 4.61. The standard InChI is InChI=1S/C18H20ClN3O5S/c1-20-28(25,26)16-9-11(5-8-15(16)27-4)17(23)21-12-6-7-14(19)13(10-12)18(24)22(2)3/h5-10,20H,1-4H3,(H,21,23). The molecule has 2 aromatic rings. The third-order valence-corrected chi connectivity index (χ3v) is 5.61. The molecule has 0 radical (unpaired) electrons. The summed E-state index contributed by atoms with van der Waals surface area (Å²) in [5.41, 5.74) is 0.677. The molecule has 0 bridgehead atoms. The predicted octanol–water partition coefficient (Wildman–Crippen LogP) is 2.21. The smallest absolute Gasteiger partial charge is 0.255 e. The van der Waals surface area contributed by atoms with Crippen LogP contribution in [0.25, 0.3) is 0 Å². The lowest BCUT2D eigenvalue weighted by Crippen LogP contribution is -2.22. The first kappa shape index (κ1) is 21.7. The first-order valence-electron chi connectivity index (χ1n) is 8.05. The zero-order chi connectivity index (χ0) is 21.1. The van der Waals surface area contributed by atoms with Crippen LogP contribution in [0.15, 0.2) is 41.3 Å². The molecule has 0 aliphatic heterocycles. The number of carbonyl (C=O) groups excluding carboxylic acids is 2. The average Bonchev–Trinajstić information content (AvgIpc) is 2.68. The van der Waals surface area contributed by atoms with Crippen molar-refractivity contribution in [1.29, 1.82) is 0 Å². The molecule has 0 aliphatic carbocycles. The first-order chi connectivity index (χ1) is 13.1. The molecule has 0 saturated carbocycles. The molecule has 0 unspecified atom stereocenters. The maximum atomic E-state index is 12.6. The quantitative estimate of drug-likeness (QED) is 0.738. The summed E-state index contributed by atoms with van der Waals surface area (Å²) in [5.74, 6) is -0.759. The SMILES string of the molecule is CNS(=O)(=O)c1cc(C(=O)Nc2ccc(Cl)c(C(=O)N(C)C)c2)ccc1OC. The second-order valence-electron chi connectivity index (χ2n) is 5.92. The molecule has 0 spiro atoms. The molecule has 2 rings (SSSR count). The number of benzene rings is 2. The van der Waals surface area contributed by atoms with Crippen molar-refractivity contribution in [3.05, 3.63) is 52.5 Å². The zero-order valence-corrected chi connectivity index (χ0v) is 17.3. The third-order valence-electron chi connectivity index (χ3n) is 3.84. The van der Waals surface area contributed by atoms with Gasteiger partial charge in [0.15, 0.2) is 0 Å². The van der Waals surface area contributed by atoms with E-state index in [2.05, 4.69) is 10.0 Å². The number of nitrogens with zero attached hydrogens (tertiary/aromatic N) is 1. The van der Waals surface area contributed by atoms with Gasteiger partial charge in [0, 0.05) is 25.3 Å². The van der Waals surface area contributed by atoms with Crippen molar-refractivity contribution in [3.8, 4) is 5.75 Å². The summed E-state index contributed by atoms with van der Waals surface area (Å²) in [4.78, 5) is 26.0. The van der Waals surface area contributed by atoms with Crippen LogP contribution in [0.5, 0.6) is 5.75 Å². The number of nitrogens with one attached hydrogen (secondary N) is 2. The lowest BCUT2D eigenvalue weighted by Gasteiger charge is -2.14. The van der Waals surface area contributed by atoms with Gasteiger partial charge in [-0.1, -0.05) is 11.6 Å². The van der Waals surface area contributed by atoms with Crippen LogP contribution in [-0.2, 0) is 10.0 Å². The van der Waals surface area contributed by atoms with Crippen LogP contribution < -0.4 is 14.8 Å². The summed E-state index contributed by atoms with van der Waals surface area (Å²) in [6.45, 7) is 0. The summed E-state index contributed by atoms with van der Waals surface area (Å²) in [5, 5.41) is 2.88. The molecule has 150 valence electrons. The van der Waals surface area contributed by atoms with Crippen LogP contribution in [0.3, 0.4) is 0 Å². The average molecular weight is 426 g/mol. The van der Waals surface area contributed by atoms with Gasteiger partial charge in [-0.3, -0.25) is 9.59 Å². The minimum Gasteiger partial charge on any atom is -0.495 e. The van der Waals surface area contributed by atoms with Crippen LogP contribution in [0.2, 0.25) is 5.02 Å². The number of methoxy groups -OCH3 is 1. The summed E-state index contributed by atoms with van der Waals surface area (Å²) >= 11 is 6.06. The molecule has 0 heterocycles. The minimum atomic E-state index is -3.83. The highest BCUT2D eigenvalue weighted by Crippen LogP contribution is 2.26. The van der Waals surface area contributed by atoms with Crippen molar-refractivity contribution < 1.29 is 22.7 Å². The Labute approximate surface area is 168 Å². The van der Waals surface area contributed by atoms with E-state index in [9.17, 15) is 18.0 Å². The molecule has 0 fully saturated rings. The van der Waals surface area contributed by atoms with Crippen molar-refractivity contribution in [2.75, 3.05) is 33.6 Å². The van der Waals surface area contributed by atoms with E-state index in [0.717, 1.165) is 0 Å². The Kier molecular flexibility index (Phi) is 6.65. The van der Waals surface area contributed by atoms with E-state index in [-0.39, 0.29) is 32.7 Å². The van der Waals surface area contributed by atoms with E-state index < -0.39 is 15.9 Å². The molecular formula is C18H20ClN3O5S. The monoisotopic (exact) mass is 425 g/mol. The molecule has 2 N–H and O–H groups in total. The number of ether oxygens (including phenoxy) is 1. The highest BCUT2D eigenvalue weighted by Gasteiger charge is 2.21. The van der Waals surface area contributed by atoms with Crippen LogP contribution in [0.1, 0.15) is 20.7 Å². The predicted molar refractivity (Wildman–Crippen MR) is 107 cm³/mol. The maximum Gasteiger partial charge on any atom is 0.255 e. The zero-order valence-electron chi connectivity index (χ0n) is 15.7. The number of sulfonamides is 1. The maximum absolute atomic E-state index is 12.6. The van der Waals surface area contributed by atoms with Gasteiger partial charge in [0.1, 0.15) is 10.6 Å². The van der Waals surface area contributed by atoms with E-state index in [4.69, 9.17) is 16.3 Å². The van der Waals surface area contributed by atoms with Gasteiger partial charge in [-0.05, 0) is 43.4 Å². The molecule has 2 amide bonds. The van der Waals surface area contributed by atoms with Crippen LogP contribution in [-0.4, -0.2) is 53.4 Å². The van der Waals surface area contributed by atoms with E-state index >= 15 is 0 Å². The van der Waals surface area contributed by atoms with Gasteiger partial charge >= 0.3 is 0 Å². The summed E-state index contributed by atoms with van der Waals surface area (Å²) < 4.78 is 31.6. The molecule has 0 aliphatic rings. The minimum absolute atomic E-state index is 0.102. The van der Waals surface area contributed by atoms with E-state index in [1.807, 2.05) is 0 Å². The Bertz CT molecular complexity index is 1020. The molecule has 28 heavy (non-hydrogen) atoms. The Hall–Kier alpha value is -2.62. The Morgan fingerprint density at radius 1 is 1.11 bits per heavy atom. The first-order valence-corrected chi connectivity index (χ1v) is 9.91. The van der Waals surface area contributed by atoms with Crippen molar-refractivity contribution in [3.63, 3.8) is 0 Å². The largest absolute Gasteiger partial charge is 0.495 e. The molecule has 2 aromatic carbocycles. The number of hydrogen-bond donors (Lipinski definition) is 2. The highest BCUT2D eigenvalue weighted by atomic mass is 35.5.